The summed E-state index contributed by atoms with van der Waals surface area (Å²) in [5.41, 5.74) is 23.0. The number of rotatable bonds is 18. The largest absolute Gasteiger partial charge is 0.480 e. The molecule has 228 valence electrons. The van der Waals surface area contributed by atoms with E-state index in [2.05, 4.69) is 30.9 Å². The van der Waals surface area contributed by atoms with E-state index in [1.165, 1.54) is 12.5 Å². The second-order valence-corrected chi connectivity index (χ2v) is 9.55. The van der Waals surface area contributed by atoms with Crippen LogP contribution in [0.3, 0.4) is 0 Å². The molecule has 42 heavy (non-hydrogen) atoms. The number of hydrogen-bond donors (Lipinski definition) is 9. The van der Waals surface area contributed by atoms with Gasteiger partial charge in [-0.3, -0.25) is 24.2 Å². The number of hydrogen-bond acceptors (Lipinski definition) is 8. The molecule has 16 heteroatoms. The molecule has 0 saturated carbocycles. The topological polar surface area (TPSA) is 287 Å². The molecule has 1 aromatic heterocycles. The summed E-state index contributed by atoms with van der Waals surface area (Å²) < 4.78 is 0. The van der Waals surface area contributed by atoms with Crippen molar-refractivity contribution >= 4 is 35.6 Å². The maximum Gasteiger partial charge on any atom is 0.326 e. The van der Waals surface area contributed by atoms with Gasteiger partial charge in [0.25, 0.3) is 0 Å². The van der Waals surface area contributed by atoms with Crippen LogP contribution in [0.5, 0.6) is 0 Å². The van der Waals surface area contributed by atoms with Gasteiger partial charge in [-0.25, -0.2) is 9.78 Å². The quantitative estimate of drug-likeness (QED) is 0.0498. The van der Waals surface area contributed by atoms with Crippen LogP contribution >= 0.6 is 0 Å². The fourth-order valence-electron chi connectivity index (χ4n) is 3.90. The van der Waals surface area contributed by atoms with Gasteiger partial charge < -0.3 is 49.0 Å². The lowest BCUT2D eigenvalue weighted by atomic mass is 10.0. The molecular weight excluding hydrogens is 548 g/mol. The fraction of sp³-hybridized carbons (Fsp3) is 0.423. The number of aliphatic carboxylic acids is 1. The van der Waals surface area contributed by atoms with E-state index in [1.54, 1.807) is 30.3 Å². The Morgan fingerprint density at radius 2 is 1.52 bits per heavy atom. The minimum Gasteiger partial charge on any atom is -0.480 e. The Kier molecular flexibility index (Phi) is 13.4. The smallest absolute Gasteiger partial charge is 0.326 e. The van der Waals surface area contributed by atoms with E-state index in [4.69, 9.17) is 22.9 Å². The molecule has 16 nitrogen and oxygen atoms in total. The summed E-state index contributed by atoms with van der Waals surface area (Å²) in [6, 6.07) is 4.03. The van der Waals surface area contributed by atoms with Crippen molar-refractivity contribution in [3.63, 3.8) is 0 Å². The molecule has 2 aromatic rings. The highest BCUT2D eigenvalue weighted by molar-refractivity contribution is 5.94. The molecule has 4 amide bonds. The van der Waals surface area contributed by atoms with Gasteiger partial charge in [0.1, 0.15) is 18.1 Å². The molecule has 0 aliphatic carbocycles. The van der Waals surface area contributed by atoms with Crippen LogP contribution in [0.2, 0.25) is 0 Å². The lowest BCUT2D eigenvalue weighted by Crippen LogP contribution is -2.57. The summed E-state index contributed by atoms with van der Waals surface area (Å²) in [5.74, 6) is -4.23. The molecule has 0 radical (unpaired) electrons. The van der Waals surface area contributed by atoms with E-state index in [1.807, 2.05) is 0 Å². The first-order valence-corrected chi connectivity index (χ1v) is 13.2. The third kappa shape index (κ3) is 12.0. The van der Waals surface area contributed by atoms with Gasteiger partial charge in [0.15, 0.2) is 5.96 Å². The SMILES string of the molecule is NC(=O)CCC(N)C(=O)NC(Cc1ccccc1)C(=O)NC(CCCN=C(N)N)C(=O)NC(Cc1cnc[nH]1)C(=O)O. The molecule has 1 aromatic carbocycles. The first-order chi connectivity index (χ1) is 20.0. The summed E-state index contributed by atoms with van der Waals surface area (Å²) >= 11 is 0. The molecule has 0 bridgehead atoms. The van der Waals surface area contributed by atoms with Crippen molar-refractivity contribution in [2.24, 2.45) is 27.9 Å². The van der Waals surface area contributed by atoms with Crippen LogP contribution < -0.4 is 38.9 Å². The first-order valence-electron chi connectivity index (χ1n) is 13.2. The standard InChI is InChI=1S/C26H38N10O6/c27-17(8-9-21(28)37)22(38)35-19(11-15-5-2-1-3-6-15)24(40)34-18(7-4-10-32-26(29)30)23(39)36-20(25(41)42)12-16-13-31-14-33-16/h1-3,5-6,13-14,17-20H,4,7-12,27H2,(H2,28,37)(H,31,33)(H,34,40)(H,35,38)(H,36,39)(H,41,42)(H4,29,30,32). The van der Waals surface area contributed by atoms with Crippen LogP contribution in [-0.4, -0.2) is 81.3 Å². The van der Waals surface area contributed by atoms with E-state index in [-0.39, 0.29) is 51.0 Å². The lowest BCUT2D eigenvalue weighted by Gasteiger charge is -2.25. The van der Waals surface area contributed by atoms with Crippen molar-refractivity contribution in [1.29, 1.82) is 0 Å². The maximum absolute atomic E-state index is 13.5. The van der Waals surface area contributed by atoms with Gasteiger partial charge in [-0.15, -0.1) is 0 Å². The van der Waals surface area contributed by atoms with E-state index < -0.39 is 53.8 Å². The molecule has 0 aliphatic heterocycles. The van der Waals surface area contributed by atoms with Crippen molar-refractivity contribution in [1.82, 2.24) is 25.9 Å². The van der Waals surface area contributed by atoms with E-state index in [0.29, 0.717) is 11.3 Å². The molecule has 0 saturated heterocycles. The third-order valence-corrected chi connectivity index (χ3v) is 6.13. The first kappa shape index (κ1) is 33.2. The molecular formula is C26H38N10O6. The monoisotopic (exact) mass is 586 g/mol. The number of amides is 4. The van der Waals surface area contributed by atoms with Gasteiger partial charge in [0.05, 0.1) is 12.4 Å². The molecule has 0 spiro atoms. The number of nitrogens with two attached hydrogens (primary N) is 4. The predicted molar refractivity (Wildman–Crippen MR) is 152 cm³/mol. The summed E-state index contributed by atoms with van der Waals surface area (Å²) in [6.07, 6.45) is 2.96. The number of primary amides is 1. The number of guanidine groups is 1. The second kappa shape index (κ2) is 17.0. The molecule has 1 heterocycles. The Bertz CT molecular complexity index is 1220. The lowest BCUT2D eigenvalue weighted by molar-refractivity contribution is -0.142. The van der Waals surface area contributed by atoms with Gasteiger partial charge in [0, 0.05) is 37.7 Å². The van der Waals surface area contributed by atoms with Crippen LogP contribution in [0.15, 0.2) is 47.8 Å². The van der Waals surface area contributed by atoms with Crippen molar-refractivity contribution in [3.8, 4) is 0 Å². The van der Waals surface area contributed by atoms with E-state index in [0.717, 1.165) is 0 Å². The van der Waals surface area contributed by atoms with Crippen LogP contribution in [0, 0.1) is 0 Å². The number of carboxylic acid groups (broad SMARTS) is 1. The number of benzene rings is 1. The zero-order chi connectivity index (χ0) is 31.1. The number of aromatic amines is 1. The number of carboxylic acids is 1. The number of carbonyl (C=O) groups is 5. The van der Waals surface area contributed by atoms with Gasteiger partial charge >= 0.3 is 5.97 Å². The predicted octanol–water partition coefficient (Wildman–Crippen LogP) is -2.62. The second-order valence-electron chi connectivity index (χ2n) is 9.55. The van der Waals surface area contributed by atoms with Gasteiger partial charge in [-0.05, 0) is 24.8 Å². The van der Waals surface area contributed by atoms with Crippen molar-refractivity contribution in [3.05, 3.63) is 54.1 Å². The molecule has 4 atom stereocenters. The maximum atomic E-state index is 13.5. The molecule has 0 fully saturated rings. The van der Waals surface area contributed by atoms with E-state index >= 15 is 0 Å². The summed E-state index contributed by atoms with van der Waals surface area (Å²) in [5, 5.41) is 17.3. The van der Waals surface area contributed by atoms with Crippen molar-refractivity contribution in [2.75, 3.05) is 6.54 Å². The van der Waals surface area contributed by atoms with Gasteiger partial charge in [-0.1, -0.05) is 30.3 Å². The highest BCUT2D eigenvalue weighted by atomic mass is 16.4. The van der Waals surface area contributed by atoms with Crippen LogP contribution in [0.1, 0.15) is 36.9 Å². The average molecular weight is 587 g/mol. The molecule has 4 unspecified atom stereocenters. The Morgan fingerprint density at radius 3 is 2.12 bits per heavy atom. The number of nitrogens with one attached hydrogen (secondary N) is 4. The Labute approximate surface area is 242 Å². The number of nitrogens with zero attached hydrogens (tertiary/aromatic N) is 2. The molecule has 13 N–H and O–H groups in total. The number of aromatic nitrogens is 2. The third-order valence-electron chi connectivity index (χ3n) is 6.13. The summed E-state index contributed by atoms with van der Waals surface area (Å²) in [6.45, 7) is 0.150. The summed E-state index contributed by atoms with van der Waals surface area (Å²) in [4.78, 5) is 73.0. The zero-order valence-corrected chi connectivity index (χ0v) is 23.0. The van der Waals surface area contributed by atoms with Crippen LogP contribution in [0.4, 0.5) is 0 Å². The van der Waals surface area contributed by atoms with Gasteiger partial charge in [0.2, 0.25) is 23.6 Å². The molecule has 2 rings (SSSR count). The average Bonchev–Trinajstić information content (AvgIpc) is 3.46. The number of carbonyl (C=O) groups excluding carboxylic acids is 4. The molecule has 0 aliphatic rings. The Hall–Kier alpha value is -4.99. The van der Waals surface area contributed by atoms with Crippen molar-refractivity contribution in [2.45, 2.75) is 62.7 Å². The Balaban J connectivity index is 2.23. The highest BCUT2D eigenvalue weighted by Gasteiger charge is 2.30. The number of aliphatic imine (C=N–C) groups is 1. The normalized spacial score (nSPS) is 13.5. The minimum absolute atomic E-state index is 0.0242. The summed E-state index contributed by atoms with van der Waals surface area (Å²) in [7, 11) is 0. The van der Waals surface area contributed by atoms with Crippen molar-refractivity contribution < 1.29 is 29.1 Å². The van der Waals surface area contributed by atoms with Crippen LogP contribution in [-0.2, 0) is 36.8 Å². The van der Waals surface area contributed by atoms with Gasteiger partial charge in [-0.2, -0.15) is 0 Å². The van der Waals surface area contributed by atoms with Crippen LogP contribution in [0.25, 0.3) is 0 Å². The fourth-order valence-corrected chi connectivity index (χ4v) is 3.90. The number of H-pyrrole nitrogens is 1. The zero-order valence-electron chi connectivity index (χ0n) is 23.0. The van der Waals surface area contributed by atoms with E-state index in [9.17, 15) is 29.1 Å². The number of imidazole rings is 1. The minimum atomic E-state index is -1.32. The highest BCUT2D eigenvalue weighted by Crippen LogP contribution is 2.08. The Morgan fingerprint density at radius 1 is 0.881 bits per heavy atom.